The van der Waals surface area contributed by atoms with Crippen LogP contribution in [0.1, 0.15) is 54.7 Å². The number of aliphatic hydroxyl groups is 1. The summed E-state index contributed by atoms with van der Waals surface area (Å²) in [6, 6.07) is 14.2. The van der Waals surface area contributed by atoms with Crippen LogP contribution in [-0.2, 0) is 6.61 Å². The van der Waals surface area contributed by atoms with Gasteiger partial charge in [-0.2, -0.15) is 0 Å². The van der Waals surface area contributed by atoms with Crippen LogP contribution >= 0.6 is 0 Å². The molecule has 2 aromatic carbocycles. The normalized spacial score (nSPS) is 18.7. The molecule has 0 saturated carbocycles. The van der Waals surface area contributed by atoms with Crippen molar-refractivity contribution < 1.29 is 23.8 Å². The summed E-state index contributed by atoms with van der Waals surface area (Å²) in [7, 11) is 1.63. The molecule has 41 heavy (non-hydrogen) atoms. The Balaban J connectivity index is 1.16. The van der Waals surface area contributed by atoms with E-state index in [-0.39, 0.29) is 12.1 Å². The lowest BCUT2D eigenvalue weighted by atomic mass is 10.0. The molecule has 0 aliphatic carbocycles. The zero-order valence-electron chi connectivity index (χ0n) is 23.9. The maximum Gasteiger partial charge on any atom is 0.265 e. The minimum Gasteiger partial charge on any atom is -0.497 e. The van der Waals surface area contributed by atoms with Crippen LogP contribution in [0.4, 0.5) is 0 Å². The van der Waals surface area contributed by atoms with Crippen molar-refractivity contribution in [3.05, 3.63) is 60.0 Å². The van der Waals surface area contributed by atoms with E-state index in [1.165, 1.54) is 0 Å². The molecule has 1 amide bonds. The van der Waals surface area contributed by atoms with E-state index in [0.29, 0.717) is 24.1 Å². The molecule has 0 radical (unpaired) electrons. The Morgan fingerprint density at radius 1 is 1.07 bits per heavy atom. The lowest BCUT2D eigenvalue weighted by Gasteiger charge is -2.39. The van der Waals surface area contributed by atoms with Gasteiger partial charge in [-0.3, -0.25) is 9.69 Å². The highest BCUT2D eigenvalue weighted by Gasteiger charge is 2.28. The standard InChI is InChI=1S/C32H40N4O5/c1-21(35-14-10-24(37)11-15-35)18-34-12-8-23(9-13-34)36-28-4-3-5-30(27(28)17-29(36)32(33)38)40-19-22-20-41-31-16-25(39-2)6-7-26(22)31/h3-7,16-17,20-21,23-24,37H,8-15,18-19H2,1-2H3,(H2,33,38)/t21-/m0/s1. The third-order valence-corrected chi connectivity index (χ3v) is 8.91. The summed E-state index contributed by atoms with van der Waals surface area (Å²) in [5, 5.41) is 11.7. The van der Waals surface area contributed by atoms with Crippen molar-refractivity contribution in [1.29, 1.82) is 0 Å². The van der Waals surface area contributed by atoms with Crippen molar-refractivity contribution in [1.82, 2.24) is 14.4 Å². The van der Waals surface area contributed by atoms with Crippen LogP contribution in [0.3, 0.4) is 0 Å². The average molecular weight is 561 g/mol. The highest BCUT2D eigenvalue weighted by molar-refractivity contribution is 5.99. The fraction of sp³-hybridized carbons (Fsp3) is 0.469. The number of benzene rings is 2. The third kappa shape index (κ3) is 5.66. The van der Waals surface area contributed by atoms with Crippen LogP contribution in [0.15, 0.2) is 53.1 Å². The van der Waals surface area contributed by atoms with Crippen molar-refractivity contribution in [2.75, 3.05) is 39.8 Å². The van der Waals surface area contributed by atoms with E-state index in [1.54, 1.807) is 13.4 Å². The minimum atomic E-state index is -0.426. The van der Waals surface area contributed by atoms with E-state index in [9.17, 15) is 9.90 Å². The maximum atomic E-state index is 12.6. The molecule has 6 rings (SSSR count). The predicted octanol–water partition coefficient (Wildman–Crippen LogP) is 4.56. The van der Waals surface area contributed by atoms with Gasteiger partial charge < -0.3 is 34.2 Å². The molecule has 218 valence electrons. The summed E-state index contributed by atoms with van der Waals surface area (Å²) in [6.45, 7) is 7.51. The Morgan fingerprint density at radius 2 is 1.85 bits per heavy atom. The van der Waals surface area contributed by atoms with E-state index in [1.807, 2.05) is 42.5 Å². The van der Waals surface area contributed by atoms with Gasteiger partial charge in [0, 0.05) is 67.2 Å². The Morgan fingerprint density at radius 3 is 2.59 bits per heavy atom. The molecule has 4 heterocycles. The van der Waals surface area contributed by atoms with Crippen LogP contribution in [-0.4, -0.2) is 77.4 Å². The monoisotopic (exact) mass is 560 g/mol. The molecule has 2 aliphatic rings. The van der Waals surface area contributed by atoms with Gasteiger partial charge in [-0.1, -0.05) is 6.07 Å². The van der Waals surface area contributed by atoms with E-state index in [4.69, 9.17) is 19.6 Å². The number of fused-ring (bicyclic) bond motifs is 2. The van der Waals surface area contributed by atoms with Crippen molar-refractivity contribution in [2.24, 2.45) is 5.73 Å². The summed E-state index contributed by atoms with van der Waals surface area (Å²) >= 11 is 0. The molecule has 9 heteroatoms. The van der Waals surface area contributed by atoms with Gasteiger partial charge in [-0.05, 0) is 62.9 Å². The van der Waals surface area contributed by atoms with Crippen LogP contribution in [0.5, 0.6) is 11.5 Å². The number of nitrogens with two attached hydrogens (primary N) is 1. The number of carbonyl (C=O) groups is 1. The third-order valence-electron chi connectivity index (χ3n) is 8.91. The number of piperidine rings is 2. The van der Waals surface area contributed by atoms with Gasteiger partial charge in [0.05, 0.1) is 25.0 Å². The quantitative estimate of drug-likeness (QED) is 0.309. The topological polar surface area (TPSA) is 106 Å². The Hall–Kier alpha value is -3.53. The number of aliphatic hydroxyl groups excluding tert-OH is 1. The number of methoxy groups -OCH3 is 1. The Bertz CT molecular complexity index is 1510. The predicted molar refractivity (Wildman–Crippen MR) is 159 cm³/mol. The number of nitrogens with zero attached hydrogens (tertiary/aromatic N) is 3. The van der Waals surface area contributed by atoms with E-state index in [0.717, 1.165) is 91.6 Å². The summed E-state index contributed by atoms with van der Waals surface area (Å²) in [6.07, 6.45) is 5.19. The Labute approximate surface area is 240 Å². The molecule has 1 atom stereocenters. The number of primary amides is 1. The first kappa shape index (κ1) is 27.6. The van der Waals surface area contributed by atoms with Crippen molar-refractivity contribution in [3.8, 4) is 11.5 Å². The largest absolute Gasteiger partial charge is 0.497 e. The molecule has 2 aromatic heterocycles. The number of furan rings is 1. The average Bonchev–Trinajstić information content (AvgIpc) is 3.58. The number of likely N-dealkylation sites (tertiary alicyclic amines) is 2. The molecular formula is C32H40N4O5. The van der Waals surface area contributed by atoms with Gasteiger partial charge in [-0.15, -0.1) is 0 Å². The summed E-state index contributed by atoms with van der Waals surface area (Å²) in [4.78, 5) is 17.6. The maximum absolute atomic E-state index is 12.6. The fourth-order valence-corrected chi connectivity index (χ4v) is 6.57. The molecule has 2 aliphatic heterocycles. The van der Waals surface area contributed by atoms with E-state index < -0.39 is 5.91 Å². The number of amides is 1. The van der Waals surface area contributed by atoms with Crippen molar-refractivity contribution in [3.63, 3.8) is 0 Å². The smallest absolute Gasteiger partial charge is 0.265 e. The number of hydrogen-bond acceptors (Lipinski definition) is 7. The Kier molecular flexibility index (Phi) is 7.92. The highest BCUT2D eigenvalue weighted by Crippen LogP contribution is 2.36. The number of aromatic nitrogens is 1. The van der Waals surface area contributed by atoms with Crippen LogP contribution in [0.25, 0.3) is 21.9 Å². The summed E-state index contributed by atoms with van der Waals surface area (Å²) < 4.78 is 19.5. The molecule has 4 aromatic rings. The second-order valence-electron chi connectivity index (χ2n) is 11.5. The van der Waals surface area contributed by atoms with Crippen LogP contribution in [0.2, 0.25) is 0 Å². The molecule has 0 unspecified atom stereocenters. The van der Waals surface area contributed by atoms with Gasteiger partial charge in [-0.25, -0.2) is 0 Å². The van der Waals surface area contributed by atoms with E-state index >= 15 is 0 Å². The number of ether oxygens (including phenoxy) is 2. The van der Waals surface area contributed by atoms with Crippen LogP contribution in [0, 0.1) is 0 Å². The summed E-state index contributed by atoms with van der Waals surface area (Å²) in [5.41, 5.74) is 9.08. The first-order valence-corrected chi connectivity index (χ1v) is 14.7. The number of hydrogen-bond donors (Lipinski definition) is 2. The molecule has 3 N–H and O–H groups in total. The van der Waals surface area contributed by atoms with Crippen molar-refractivity contribution >= 4 is 27.8 Å². The molecule has 2 fully saturated rings. The van der Waals surface area contributed by atoms with Gasteiger partial charge >= 0.3 is 0 Å². The van der Waals surface area contributed by atoms with Gasteiger partial charge in [0.15, 0.2) is 0 Å². The fourth-order valence-electron chi connectivity index (χ4n) is 6.57. The van der Waals surface area contributed by atoms with Gasteiger partial charge in [0.1, 0.15) is 29.4 Å². The van der Waals surface area contributed by atoms with Gasteiger partial charge in [0.2, 0.25) is 0 Å². The summed E-state index contributed by atoms with van der Waals surface area (Å²) in [5.74, 6) is 1.03. The van der Waals surface area contributed by atoms with Crippen molar-refractivity contribution in [2.45, 2.75) is 57.4 Å². The minimum absolute atomic E-state index is 0.147. The molecule has 2 saturated heterocycles. The lowest BCUT2D eigenvalue weighted by Crippen LogP contribution is -2.48. The second-order valence-corrected chi connectivity index (χ2v) is 11.5. The van der Waals surface area contributed by atoms with Crippen LogP contribution < -0.4 is 15.2 Å². The molecule has 9 nitrogen and oxygen atoms in total. The highest BCUT2D eigenvalue weighted by atomic mass is 16.5. The second kappa shape index (κ2) is 11.8. The molecule has 0 spiro atoms. The van der Waals surface area contributed by atoms with E-state index in [2.05, 4.69) is 21.3 Å². The van der Waals surface area contributed by atoms with Gasteiger partial charge in [0.25, 0.3) is 5.91 Å². The molecule has 0 bridgehead atoms. The molecular weight excluding hydrogens is 520 g/mol. The first-order valence-electron chi connectivity index (χ1n) is 14.7. The number of rotatable bonds is 9. The first-order chi connectivity index (χ1) is 19.9. The lowest BCUT2D eigenvalue weighted by molar-refractivity contribution is 0.0493. The number of carbonyl (C=O) groups excluding carboxylic acids is 1. The zero-order valence-corrected chi connectivity index (χ0v) is 23.9. The SMILES string of the molecule is COc1ccc2c(COc3cccc4c3cc(C(N)=O)n4C3CCN(C[C@H](C)N4CCC(O)CC4)CC3)coc2c1. The zero-order chi connectivity index (χ0) is 28.5.